The van der Waals surface area contributed by atoms with Crippen LogP contribution in [0.2, 0.25) is 0 Å². The van der Waals surface area contributed by atoms with E-state index in [1.54, 1.807) is 11.8 Å². The van der Waals surface area contributed by atoms with Crippen molar-refractivity contribution < 1.29 is 14.3 Å². The maximum absolute atomic E-state index is 11.9. The molecule has 0 aromatic heterocycles. The highest BCUT2D eigenvalue weighted by molar-refractivity contribution is 5.68. The third kappa shape index (κ3) is 5.55. The van der Waals surface area contributed by atoms with Gasteiger partial charge in [0.1, 0.15) is 5.60 Å². The molecule has 0 radical (unpaired) electrons. The lowest BCUT2D eigenvalue weighted by molar-refractivity contribution is 0.0234. The predicted molar refractivity (Wildman–Crippen MR) is 63.6 cm³/mol. The second kappa shape index (κ2) is 5.37. The number of ether oxygens (including phenoxy) is 2. The molecule has 1 fully saturated rings. The Hall–Kier alpha value is -1.28. The summed E-state index contributed by atoms with van der Waals surface area (Å²) in [4.78, 5) is 16.9. The van der Waals surface area contributed by atoms with Crippen molar-refractivity contribution >= 4 is 6.09 Å². The topological polar surface area (TPSA) is 46.4 Å². The number of hydrogen-bond acceptors (Lipinski definition) is 3. The highest BCUT2D eigenvalue weighted by Crippen LogP contribution is 2.15. The van der Waals surface area contributed by atoms with Crippen LogP contribution in [-0.4, -0.2) is 48.4 Å². The van der Waals surface area contributed by atoms with Crippen LogP contribution in [0.25, 0.3) is 4.85 Å². The van der Waals surface area contributed by atoms with E-state index < -0.39 is 5.60 Å². The molecule has 1 heterocycles. The lowest BCUT2D eigenvalue weighted by Crippen LogP contribution is -2.41. The van der Waals surface area contributed by atoms with Crippen molar-refractivity contribution in [2.45, 2.75) is 45.4 Å². The van der Waals surface area contributed by atoms with E-state index >= 15 is 0 Å². The predicted octanol–water partition coefficient (Wildman–Crippen LogP) is 1.93. The summed E-state index contributed by atoms with van der Waals surface area (Å²) < 4.78 is 10.4. The molecular weight excluding hydrogens is 220 g/mol. The number of rotatable bonds is 4. The van der Waals surface area contributed by atoms with E-state index in [9.17, 15) is 4.79 Å². The van der Waals surface area contributed by atoms with Gasteiger partial charge in [0.25, 0.3) is 0 Å². The van der Waals surface area contributed by atoms with Gasteiger partial charge in [-0.3, -0.25) is 4.90 Å². The highest BCUT2D eigenvalue weighted by atomic mass is 16.6. The van der Waals surface area contributed by atoms with Crippen LogP contribution in [0.4, 0.5) is 4.79 Å². The van der Waals surface area contributed by atoms with Gasteiger partial charge in [-0.2, -0.15) is 0 Å². The lowest BCUT2D eigenvalue weighted by Gasteiger charge is -2.26. The summed E-state index contributed by atoms with van der Waals surface area (Å²) in [5, 5.41) is 0. The molecule has 1 saturated heterocycles. The summed E-state index contributed by atoms with van der Waals surface area (Å²) in [6.45, 7) is 15.8. The zero-order valence-electron chi connectivity index (χ0n) is 10.9. The lowest BCUT2D eigenvalue weighted by atomic mass is 10.2. The molecule has 96 valence electrons. The van der Waals surface area contributed by atoms with Crippen LogP contribution in [-0.2, 0) is 9.47 Å². The Bertz CT molecular complexity index is 313. The molecule has 17 heavy (non-hydrogen) atoms. The molecule has 1 aliphatic heterocycles. The van der Waals surface area contributed by atoms with Gasteiger partial charge in [0.2, 0.25) is 6.04 Å². The van der Waals surface area contributed by atoms with Crippen LogP contribution in [0.15, 0.2) is 0 Å². The van der Waals surface area contributed by atoms with Crippen LogP contribution < -0.4 is 0 Å². The summed E-state index contributed by atoms with van der Waals surface area (Å²) in [6, 6.07) is -0.221. The van der Waals surface area contributed by atoms with E-state index in [0.717, 1.165) is 0 Å². The molecule has 1 aliphatic rings. The van der Waals surface area contributed by atoms with Crippen LogP contribution >= 0.6 is 0 Å². The summed E-state index contributed by atoms with van der Waals surface area (Å²) >= 11 is 0. The molecule has 0 spiro atoms. The van der Waals surface area contributed by atoms with E-state index in [1.807, 2.05) is 20.8 Å². The Morgan fingerprint density at radius 1 is 1.65 bits per heavy atom. The van der Waals surface area contributed by atoms with Crippen LogP contribution in [0.5, 0.6) is 0 Å². The first-order chi connectivity index (χ1) is 7.81. The van der Waals surface area contributed by atoms with Crippen molar-refractivity contribution in [2.75, 3.05) is 19.7 Å². The van der Waals surface area contributed by atoms with Gasteiger partial charge in [-0.25, -0.2) is 11.4 Å². The minimum atomic E-state index is -0.513. The number of nitrogens with zero attached hydrogens (tertiary/aromatic N) is 2. The van der Waals surface area contributed by atoms with Gasteiger partial charge < -0.3 is 14.3 Å². The van der Waals surface area contributed by atoms with Crippen molar-refractivity contribution in [1.29, 1.82) is 0 Å². The summed E-state index contributed by atoms with van der Waals surface area (Å²) in [5.41, 5.74) is -0.513. The van der Waals surface area contributed by atoms with E-state index in [1.165, 1.54) is 0 Å². The van der Waals surface area contributed by atoms with E-state index in [0.29, 0.717) is 19.7 Å². The fraction of sp³-hybridized carbons (Fsp3) is 0.833. The zero-order chi connectivity index (χ0) is 13.1. The number of carbonyl (C=O) groups is 1. The van der Waals surface area contributed by atoms with Crippen molar-refractivity contribution in [3.05, 3.63) is 11.4 Å². The monoisotopic (exact) mass is 240 g/mol. The molecule has 0 aromatic carbocycles. The van der Waals surface area contributed by atoms with E-state index in [-0.39, 0.29) is 18.2 Å². The highest BCUT2D eigenvalue weighted by Gasteiger charge is 2.32. The quantitative estimate of drug-likeness (QED) is 0.557. The number of hydrogen-bond donors (Lipinski definition) is 0. The van der Waals surface area contributed by atoms with Gasteiger partial charge in [0.05, 0.1) is 25.8 Å². The summed E-state index contributed by atoms with van der Waals surface area (Å²) in [5.74, 6) is 0. The molecule has 2 atom stereocenters. The molecule has 1 rings (SSSR count). The first-order valence-electron chi connectivity index (χ1n) is 5.78. The van der Waals surface area contributed by atoms with E-state index in [2.05, 4.69) is 4.85 Å². The van der Waals surface area contributed by atoms with Crippen molar-refractivity contribution in [2.24, 2.45) is 0 Å². The molecule has 1 amide bonds. The maximum atomic E-state index is 11.9. The van der Waals surface area contributed by atoms with Crippen LogP contribution in [0, 0.1) is 6.57 Å². The molecular formula is C12H20N2O3. The molecule has 0 bridgehead atoms. The molecule has 0 aromatic rings. The average molecular weight is 240 g/mol. The standard InChI is InChI=1S/C12H20N2O3/c1-9(13-5)6-14(7-10-8-16-10)11(15)17-12(2,3)4/h9-10H,6-8H2,1-4H3. The third-order valence-electron chi connectivity index (χ3n) is 2.18. The third-order valence-corrected chi connectivity index (χ3v) is 2.18. The van der Waals surface area contributed by atoms with Crippen LogP contribution in [0.3, 0.4) is 0 Å². The summed E-state index contributed by atoms with van der Waals surface area (Å²) in [6.07, 6.45) is -0.260. The van der Waals surface area contributed by atoms with Crippen molar-refractivity contribution in [3.63, 3.8) is 0 Å². The van der Waals surface area contributed by atoms with Gasteiger partial charge in [-0.05, 0) is 20.8 Å². The minimum Gasteiger partial charge on any atom is -0.444 e. The minimum absolute atomic E-state index is 0.112. The van der Waals surface area contributed by atoms with Gasteiger partial charge in [-0.1, -0.05) is 0 Å². The fourth-order valence-corrected chi connectivity index (χ4v) is 1.33. The molecule has 5 nitrogen and oxygen atoms in total. The van der Waals surface area contributed by atoms with Crippen molar-refractivity contribution in [3.8, 4) is 0 Å². The summed E-state index contributed by atoms with van der Waals surface area (Å²) in [7, 11) is 0. The molecule has 0 saturated carbocycles. The van der Waals surface area contributed by atoms with Crippen LogP contribution in [0.1, 0.15) is 27.7 Å². The Morgan fingerprint density at radius 2 is 2.24 bits per heavy atom. The molecule has 2 unspecified atom stereocenters. The van der Waals surface area contributed by atoms with E-state index in [4.69, 9.17) is 16.0 Å². The molecule has 0 aliphatic carbocycles. The number of carbonyl (C=O) groups excluding carboxylic acids is 1. The Labute approximate surface area is 102 Å². The van der Waals surface area contributed by atoms with Gasteiger partial charge in [-0.15, -0.1) is 0 Å². The maximum Gasteiger partial charge on any atom is 0.410 e. The number of epoxide rings is 1. The second-order valence-corrected chi connectivity index (χ2v) is 5.32. The first-order valence-corrected chi connectivity index (χ1v) is 5.78. The Balaban J connectivity index is 2.54. The SMILES string of the molecule is [C-]#[N+]C(C)CN(CC1CO1)C(=O)OC(C)(C)C. The zero-order valence-corrected chi connectivity index (χ0v) is 10.9. The van der Waals surface area contributed by atoms with Crippen molar-refractivity contribution in [1.82, 2.24) is 4.90 Å². The largest absolute Gasteiger partial charge is 0.444 e. The smallest absolute Gasteiger partial charge is 0.410 e. The first kappa shape index (κ1) is 13.8. The number of amides is 1. The van der Waals surface area contributed by atoms with Gasteiger partial charge in [0, 0.05) is 6.92 Å². The van der Waals surface area contributed by atoms with Gasteiger partial charge >= 0.3 is 6.09 Å². The Kier molecular flexibility index (Phi) is 4.35. The second-order valence-electron chi connectivity index (χ2n) is 5.32. The molecule has 0 N–H and O–H groups in total. The normalized spacial score (nSPS) is 20.3. The molecule has 5 heteroatoms. The Morgan fingerprint density at radius 3 is 2.65 bits per heavy atom. The fourth-order valence-electron chi connectivity index (χ4n) is 1.33. The average Bonchev–Trinajstić information content (AvgIpc) is 2.97. The van der Waals surface area contributed by atoms with Gasteiger partial charge in [0.15, 0.2) is 0 Å².